The van der Waals surface area contributed by atoms with Crippen LogP contribution in [0.15, 0.2) is 40.1 Å². The van der Waals surface area contributed by atoms with Crippen LogP contribution in [0.5, 0.6) is 0 Å². The van der Waals surface area contributed by atoms with E-state index in [1.165, 1.54) is 12.1 Å². The number of benzene rings is 2. The first-order valence-corrected chi connectivity index (χ1v) is 8.10. The Balaban J connectivity index is 2.43. The van der Waals surface area contributed by atoms with Crippen molar-refractivity contribution in [2.45, 2.75) is 16.0 Å². The zero-order chi connectivity index (χ0) is 17.9. The number of nitrogens with one attached hydrogen (secondary N) is 1. The summed E-state index contributed by atoms with van der Waals surface area (Å²) in [5.74, 6) is 0. The summed E-state index contributed by atoms with van der Waals surface area (Å²) < 4.78 is 65.0. The quantitative estimate of drug-likeness (QED) is 0.507. The molecule has 0 spiro atoms. The maximum atomic E-state index is 13.3. The predicted molar refractivity (Wildman–Crippen MR) is 78.3 cm³/mol. The van der Waals surface area contributed by atoms with Gasteiger partial charge in [-0.2, -0.15) is 13.2 Å². The highest BCUT2D eigenvalue weighted by Gasteiger charge is 2.42. The molecule has 126 valence electrons. The van der Waals surface area contributed by atoms with E-state index in [-0.39, 0.29) is 21.7 Å². The lowest BCUT2D eigenvalue weighted by Gasteiger charge is -2.25. The molecule has 2 aromatic carbocycles. The Morgan fingerprint density at radius 2 is 1.79 bits per heavy atom. The minimum Gasteiger partial charge on any atom is -0.352 e. The topological polar surface area (TPSA) is 89.3 Å². The van der Waals surface area contributed by atoms with Gasteiger partial charge in [0.15, 0.2) is 0 Å². The molecule has 0 amide bonds. The van der Waals surface area contributed by atoms with E-state index in [2.05, 4.69) is 5.32 Å². The van der Waals surface area contributed by atoms with Crippen LogP contribution in [0.4, 0.5) is 30.2 Å². The van der Waals surface area contributed by atoms with Crippen LogP contribution in [-0.2, 0) is 16.0 Å². The van der Waals surface area contributed by atoms with Crippen LogP contribution in [-0.4, -0.2) is 13.3 Å². The van der Waals surface area contributed by atoms with Crippen LogP contribution < -0.4 is 5.32 Å². The molecule has 0 radical (unpaired) electrons. The normalized spacial score (nSPS) is 15.2. The molecule has 0 aromatic heterocycles. The number of sulfone groups is 1. The van der Waals surface area contributed by atoms with Crippen LogP contribution >= 0.6 is 11.6 Å². The number of alkyl halides is 3. The van der Waals surface area contributed by atoms with Gasteiger partial charge in [-0.15, -0.1) is 0 Å². The number of rotatable bonds is 1. The smallest absolute Gasteiger partial charge is 0.352 e. The number of nitro benzene ring substituents is 1. The van der Waals surface area contributed by atoms with Gasteiger partial charge >= 0.3 is 6.18 Å². The number of anilines is 2. The van der Waals surface area contributed by atoms with E-state index >= 15 is 0 Å². The Kier molecular flexibility index (Phi) is 3.50. The Bertz CT molecular complexity index is 989. The van der Waals surface area contributed by atoms with Crippen molar-refractivity contribution in [1.82, 2.24) is 0 Å². The summed E-state index contributed by atoms with van der Waals surface area (Å²) in [5.41, 5.74) is -3.42. The maximum absolute atomic E-state index is 13.3. The van der Waals surface area contributed by atoms with E-state index in [4.69, 9.17) is 11.6 Å². The Hall–Kier alpha value is -2.33. The average molecular weight is 379 g/mol. The molecule has 6 nitrogen and oxygen atoms in total. The van der Waals surface area contributed by atoms with Crippen LogP contribution in [0.25, 0.3) is 0 Å². The van der Waals surface area contributed by atoms with E-state index in [1.807, 2.05) is 0 Å². The molecule has 0 saturated heterocycles. The molecule has 0 bridgehead atoms. The molecule has 1 aliphatic rings. The molecular formula is C13H6ClF3N2O4S. The first kappa shape index (κ1) is 16.5. The molecule has 24 heavy (non-hydrogen) atoms. The van der Waals surface area contributed by atoms with Crippen molar-refractivity contribution in [3.8, 4) is 0 Å². The third-order valence-electron chi connectivity index (χ3n) is 3.41. The third kappa shape index (κ3) is 2.38. The number of non-ortho nitro benzene ring substituents is 1. The van der Waals surface area contributed by atoms with E-state index in [0.29, 0.717) is 6.07 Å². The number of nitrogens with zero attached hydrogens (tertiary/aromatic N) is 1. The van der Waals surface area contributed by atoms with E-state index in [0.717, 1.165) is 6.07 Å². The monoisotopic (exact) mass is 378 g/mol. The predicted octanol–water partition coefficient (Wildman–Crippen LogP) is 4.16. The molecule has 1 N–H and O–H groups in total. The van der Waals surface area contributed by atoms with Crippen molar-refractivity contribution in [3.05, 3.63) is 51.0 Å². The molecule has 0 fully saturated rings. The van der Waals surface area contributed by atoms with Crippen LogP contribution in [0.1, 0.15) is 5.56 Å². The fourth-order valence-corrected chi connectivity index (χ4v) is 4.27. The number of hydrogen-bond donors (Lipinski definition) is 1. The molecule has 3 rings (SSSR count). The second-order valence-corrected chi connectivity index (χ2v) is 7.16. The van der Waals surface area contributed by atoms with Crippen molar-refractivity contribution in [1.29, 1.82) is 0 Å². The Morgan fingerprint density at radius 1 is 1.12 bits per heavy atom. The zero-order valence-corrected chi connectivity index (χ0v) is 13.0. The lowest BCUT2D eigenvalue weighted by molar-refractivity contribution is -0.385. The summed E-state index contributed by atoms with van der Waals surface area (Å²) in [6.07, 6.45) is -5.00. The fourth-order valence-electron chi connectivity index (χ4n) is 2.36. The molecule has 1 aliphatic heterocycles. The van der Waals surface area contributed by atoms with Crippen LogP contribution in [0.2, 0.25) is 5.02 Å². The van der Waals surface area contributed by atoms with Gasteiger partial charge in [0.25, 0.3) is 5.69 Å². The lowest BCUT2D eigenvalue weighted by atomic mass is 10.1. The van der Waals surface area contributed by atoms with E-state index in [9.17, 15) is 31.7 Å². The molecule has 0 atom stereocenters. The van der Waals surface area contributed by atoms with Gasteiger partial charge < -0.3 is 5.32 Å². The SMILES string of the molecule is O=[N+]([O-])c1cc(C(F)(F)F)c2c(c1)S(=O)(=O)c1cccc(Cl)c1N2. The Morgan fingerprint density at radius 3 is 2.38 bits per heavy atom. The summed E-state index contributed by atoms with van der Waals surface area (Å²) in [5, 5.41) is 13.1. The molecule has 1 heterocycles. The number of para-hydroxylation sites is 1. The number of fused-ring (bicyclic) bond motifs is 2. The molecule has 0 saturated carbocycles. The first-order chi connectivity index (χ1) is 11.0. The molecule has 2 aromatic rings. The number of hydrogen-bond acceptors (Lipinski definition) is 5. The second kappa shape index (κ2) is 5.08. The number of halogens is 4. The van der Waals surface area contributed by atoms with Gasteiger partial charge in [0.2, 0.25) is 9.84 Å². The maximum Gasteiger partial charge on any atom is 0.418 e. The minimum absolute atomic E-state index is 0.0896. The summed E-state index contributed by atoms with van der Waals surface area (Å²) in [6, 6.07) is 4.65. The molecule has 0 unspecified atom stereocenters. The highest BCUT2D eigenvalue weighted by atomic mass is 35.5. The minimum atomic E-state index is -5.00. The fraction of sp³-hybridized carbons (Fsp3) is 0.0769. The van der Waals surface area contributed by atoms with Gasteiger partial charge in [0.1, 0.15) is 4.90 Å². The van der Waals surface area contributed by atoms with E-state index < -0.39 is 42.8 Å². The molecule has 11 heteroatoms. The van der Waals surface area contributed by atoms with Crippen molar-refractivity contribution in [2.75, 3.05) is 5.32 Å². The van der Waals surface area contributed by atoms with E-state index in [1.54, 1.807) is 0 Å². The van der Waals surface area contributed by atoms with Crippen LogP contribution in [0.3, 0.4) is 0 Å². The largest absolute Gasteiger partial charge is 0.418 e. The summed E-state index contributed by atoms with van der Waals surface area (Å²) in [7, 11) is -4.41. The second-order valence-electron chi connectivity index (χ2n) is 4.86. The highest BCUT2D eigenvalue weighted by molar-refractivity contribution is 7.92. The van der Waals surface area contributed by atoms with Crippen molar-refractivity contribution in [3.63, 3.8) is 0 Å². The molecule has 0 aliphatic carbocycles. The van der Waals surface area contributed by atoms with Crippen molar-refractivity contribution in [2.24, 2.45) is 0 Å². The van der Waals surface area contributed by atoms with Gasteiger partial charge in [0.05, 0.1) is 31.8 Å². The summed E-state index contributed by atoms with van der Waals surface area (Å²) in [4.78, 5) is 8.62. The van der Waals surface area contributed by atoms with Gasteiger partial charge in [-0.05, 0) is 12.1 Å². The van der Waals surface area contributed by atoms with Gasteiger partial charge in [-0.1, -0.05) is 17.7 Å². The van der Waals surface area contributed by atoms with Gasteiger partial charge in [0, 0.05) is 12.1 Å². The Labute approximate surface area is 137 Å². The van der Waals surface area contributed by atoms with Crippen molar-refractivity contribution >= 4 is 38.5 Å². The highest BCUT2D eigenvalue weighted by Crippen LogP contribution is 2.49. The molecular weight excluding hydrogens is 373 g/mol. The summed E-state index contributed by atoms with van der Waals surface area (Å²) in [6.45, 7) is 0. The first-order valence-electron chi connectivity index (χ1n) is 6.23. The standard InChI is InChI=1S/C13H6ClF3N2O4S/c14-8-2-1-3-9-12(8)18-11-7(13(15,16)17)4-6(19(20)21)5-10(11)24(9,22)23/h1-5,18H. The van der Waals surface area contributed by atoms with Crippen molar-refractivity contribution < 1.29 is 26.5 Å². The zero-order valence-electron chi connectivity index (χ0n) is 11.4. The lowest BCUT2D eigenvalue weighted by Crippen LogP contribution is -2.19. The summed E-state index contributed by atoms with van der Waals surface area (Å²) >= 11 is 5.87. The van der Waals surface area contributed by atoms with Crippen LogP contribution in [0, 0.1) is 10.1 Å². The average Bonchev–Trinajstić information content (AvgIpc) is 2.46. The van der Waals surface area contributed by atoms with Gasteiger partial charge in [-0.25, -0.2) is 8.42 Å². The number of nitro groups is 1. The van der Waals surface area contributed by atoms with Gasteiger partial charge in [-0.3, -0.25) is 10.1 Å². The third-order valence-corrected chi connectivity index (χ3v) is 5.54.